The lowest BCUT2D eigenvalue weighted by Gasteiger charge is -2.02. The zero-order chi connectivity index (χ0) is 10.8. The number of nitrogens with two attached hydrogens (primary N) is 2. The molecule has 0 aliphatic rings. The van der Waals surface area contributed by atoms with Crippen LogP contribution in [0, 0.1) is 0 Å². The molecule has 76 valence electrons. The van der Waals surface area contributed by atoms with Crippen LogP contribution in [-0.2, 0) is 10.0 Å². The van der Waals surface area contributed by atoms with E-state index < -0.39 is 21.6 Å². The van der Waals surface area contributed by atoms with E-state index in [1.807, 2.05) is 0 Å². The largest absolute Gasteiger partial charge is 0.398 e. The summed E-state index contributed by atoms with van der Waals surface area (Å²) >= 11 is 0. The van der Waals surface area contributed by atoms with Crippen molar-refractivity contribution in [3.63, 3.8) is 0 Å². The monoisotopic (exact) mass is 214 g/mol. The summed E-state index contributed by atoms with van der Waals surface area (Å²) in [6.07, 6.45) is 0. The lowest BCUT2D eigenvalue weighted by molar-refractivity contribution is 0.102. The number of carbonyl (C=O) groups excluding carboxylic acids is 1. The summed E-state index contributed by atoms with van der Waals surface area (Å²) in [6.45, 7) is 0. The van der Waals surface area contributed by atoms with Crippen molar-refractivity contribution in [2.75, 3.05) is 11.5 Å². The van der Waals surface area contributed by atoms with E-state index in [2.05, 4.69) is 0 Å². The smallest absolute Gasteiger partial charge is 0.216 e. The maximum absolute atomic E-state index is 11.3. The van der Waals surface area contributed by atoms with Gasteiger partial charge in [-0.1, -0.05) is 12.1 Å². The number of carbonyl (C=O) groups is 1. The van der Waals surface area contributed by atoms with Crippen LogP contribution < -0.4 is 10.9 Å². The van der Waals surface area contributed by atoms with Gasteiger partial charge in [0.1, 0.15) is 5.75 Å². The molecule has 1 aromatic carbocycles. The quantitative estimate of drug-likeness (QED) is 0.534. The summed E-state index contributed by atoms with van der Waals surface area (Å²) in [6, 6.07) is 6.25. The molecule has 0 aliphatic carbocycles. The van der Waals surface area contributed by atoms with Crippen LogP contribution in [-0.4, -0.2) is 20.0 Å². The molecule has 4 N–H and O–H groups in total. The van der Waals surface area contributed by atoms with Crippen molar-refractivity contribution in [2.24, 2.45) is 5.14 Å². The Labute approximate surface area is 81.8 Å². The van der Waals surface area contributed by atoms with Gasteiger partial charge in [-0.2, -0.15) is 0 Å². The van der Waals surface area contributed by atoms with Crippen LogP contribution in [0.2, 0.25) is 0 Å². The highest BCUT2D eigenvalue weighted by molar-refractivity contribution is 7.89. The molecular formula is C8H10N2O3S. The number of sulfonamides is 1. The number of nitrogen functional groups attached to an aromatic ring is 1. The van der Waals surface area contributed by atoms with Gasteiger partial charge >= 0.3 is 0 Å². The van der Waals surface area contributed by atoms with Crippen molar-refractivity contribution in [3.05, 3.63) is 29.8 Å². The Hall–Kier alpha value is -1.40. The van der Waals surface area contributed by atoms with Crippen LogP contribution in [0.1, 0.15) is 10.4 Å². The van der Waals surface area contributed by atoms with Crippen molar-refractivity contribution >= 4 is 21.5 Å². The molecule has 1 aromatic rings. The molecule has 0 atom stereocenters. The molecule has 0 saturated heterocycles. The predicted molar refractivity (Wildman–Crippen MR) is 53.2 cm³/mol. The Morgan fingerprint density at radius 1 is 1.29 bits per heavy atom. The van der Waals surface area contributed by atoms with Gasteiger partial charge in [-0.3, -0.25) is 4.79 Å². The van der Waals surface area contributed by atoms with E-state index in [-0.39, 0.29) is 11.3 Å². The van der Waals surface area contributed by atoms with Gasteiger partial charge in [-0.15, -0.1) is 0 Å². The van der Waals surface area contributed by atoms with E-state index in [1.54, 1.807) is 12.1 Å². The number of anilines is 1. The fraction of sp³-hybridized carbons (Fsp3) is 0.125. The van der Waals surface area contributed by atoms with Gasteiger partial charge in [-0.05, 0) is 12.1 Å². The van der Waals surface area contributed by atoms with E-state index >= 15 is 0 Å². The van der Waals surface area contributed by atoms with E-state index in [0.717, 1.165) is 0 Å². The topological polar surface area (TPSA) is 103 Å². The second-order valence-corrected chi connectivity index (χ2v) is 4.43. The third-order valence-corrected chi connectivity index (χ3v) is 2.26. The fourth-order valence-corrected chi connectivity index (χ4v) is 1.53. The average molecular weight is 214 g/mol. The highest BCUT2D eigenvalue weighted by atomic mass is 32.2. The van der Waals surface area contributed by atoms with Crippen LogP contribution in [0.25, 0.3) is 0 Å². The molecule has 0 spiro atoms. The number of hydrogen-bond donors (Lipinski definition) is 2. The molecule has 0 bridgehead atoms. The van der Waals surface area contributed by atoms with E-state index in [1.165, 1.54) is 12.1 Å². The number of benzene rings is 1. The van der Waals surface area contributed by atoms with Gasteiger partial charge < -0.3 is 5.73 Å². The summed E-state index contributed by atoms with van der Waals surface area (Å²) in [7, 11) is -3.79. The van der Waals surface area contributed by atoms with Crippen LogP contribution in [0.5, 0.6) is 0 Å². The molecule has 0 aromatic heterocycles. The van der Waals surface area contributed by atoms with Crippen molar-refractivity contribution in [1.82, 2.24) is 0 Å². The summed E-state index contributed by atoms with van der Waals surface area (Å²) < 4.78 is 21.3. The summed E-state index contributed by atoms with van der Waals surface area (Å²) in [5, 5.41) is 4.73. The van der Waals surface area contributed by atoms with Gasteiger partial charge in [0.05, 0.1) is 0 Å². The Balaban J connectivity index is 2.97. The second kappa shape index (κ2) is 3.77. The third-order valence-electron chi connectivity index (χ3n) is 1.59. The molecule has 0 aliphatic heterocycles. The first kappa shape index (κ1) is 10.7. The Morgan fingerprint density at radius 2 is 1.86 bits per heavy atom. The Morgan fingerprint density at radius 3 is 2.36 bits per heavy atom. The summed E-state index contributed by atoms with van der Waals surface area (Å²) in [5.41, 5.74) is 5.92. The molecule has 14 heavy (non-hydrogen) atoms. The van der Waals surface area contributed by atoms with E-state index in [0.29, 0.717) is 0 Å². The SMILES string of the molecule is Nc1ccccc1C(=O)CS(N)(=O)=O. The fourth-order valence-electron chi connectivity index (χ4n) is 1.01. The maximum atomic E-state index is 11.3. The van der Waals surface area contributed by atoms with Crippen molar-refractivity contribution in [2.45, 2.75) is 0 Å². The lowest BCUT2D eigenvalue weighted by Crippen LogP contribution is -2.23. The Bertz CT molecular complexity index is 453. The van der Waals surface area contributed by atoms with Crippen LogP contribution in [0.15, 0.2) is 24.3 Å². The minimum absolute atomic E-state index is 0.182. The number of primary sulfonamides is 1. The highest BCUT2D eigenvalue weighted by Gasteiger charge is 2.15. The molecule has 5 nitrogen and oxygen atoms in total. The first-order valence-corrected chi connectivity index (χ1v) is 5.50. The minimum Gasteiger partial charge on any atom is -0.398 e. The summed E-state index contributed by atoms with van der Waals surface area (Å²) in [4.78, 5) is 11.3. The molecule has 0 fully saturated rings. The molecule has 1 rings (SSSR count). The zero-order valence-electron chi connectivity index (χ0n) is 7.30. The molecule has 6 heteroatoms. The first-order chi connectivity index (χ1) is 6.40. The molecule has 0 radical (unpaired) electrons. The average Bonchev–Trinajstić information content (AvgIpc) is 2.01. The maximum Gasteiger partial charge on any atom is 0.216 e. The summed E-state index contributed by atoms with van der Waals surface area (Å²) in [5.74, 6) is -1.31. The van der Waals surface area contributed by atoms with Crippen molar-refractivity contribution in [3.8, 4) is 0 Å². The standard InChI is InChI=1S/C8H10N2O3S/c9-7-4-2-1-3-6(7)8(11)5-14(10,12)13/h1-4H,5,9H2,(H2,10,12,13). The zero-order valence-corrected chi connectivity index (χ0v) is 8.12. The predicted octanol–water partition coefficient (Wildman–Crippen LogP) is -0.260. The molecule has 0 saturated carbocycles. The number of hydrogen-bond acceptors (Lipinski definition) is 4. The Kier molecular flexibility index (Phi) is 2.87. The number of para-hydroxylation sites is 1. The van der Waals surface area contributed by atoms with E-state index in [4.69, 9.17) is 10.9 Å². The highest BCUT2D eigenvalue weighted by Crippen LogP contribution is 2.11. The van der Waals surface area contributed by atoms with Crippen molar-refractivity contribution in [1.29, 1.82) is 0 Å². The molecule has 0 amide bonds. The third kappa shape index (κ3) is 2.82. The van der Waals surface area contributed by atoms with Gasteiger partial charge in [-0.25, -0.2) is 13.6 Å². The van der Waals surface area contributed by atoms with Crippen LogP contribution in [0.3, 0.4) is 0 Å². The van der Waals surface area contributed by atoms with Crippen LogP contribution in [0.4, 0.5) is 5.69 Å². The number of Topliss-reactive ketones (excluding diaryl/α,β-unsaturated/α-hetero) is 1. The van der Waals surface area contributed by atoms with Crippen molar-refractivity contribution < 1.29 is 13.2 Å². The van der Waals surface area contributed by atoms with Gasteiger partial charge in [0.15, 0.2) is 5.78 Å². The van der Waals surface area contributed by atoms with Gasteiger partial charge in [0, 0.05) is 11.3 Å². The van der Waals surface area contributed by atoms with Gasteiger partial charge in [0.25, 0.3) is 0 Å². The molecular weight excluding hydrogens is 204 g/mol. The minimum atomic E-state index is -3.79. The number of ketones is 1. The number of rotatable bonds is 3. The molecule has 0 unspecified atom stereocenters. The van der Waals surface area contributed by atoms with E-state index in [9.17, 15) is 13.2 Å². The first-order valence-electron chi connectivity index (χ1n) is 3.78. The van der Waals surface area contributed by atoms with Crippen LogP contribution >= 0.6 is 0 Å². The lowest BCUT2D eigenvalue weighted by atomic mass is 10.1. The van der Waals surface area contributed by atoms with Gasteiger partial charge in [0.2, 0.25) is 10.0 Å². The molecule has 0 heterocycles. The normalized spacial score (nSPS) is 11.2. The second-order valence-electron chi connectivity index (χ2n) is 2.82.